The molecule has 1 N–H and O–H groups in total. The van der Waals surface area contributed by atoms with E-state index in [-0.39, 0.29) is 12.1 Å². The van der Waals surface area contributed by atoms with Crippen LogP contribution in [0.3, 0.4) is 0 Å². The molecule has 0 bridgehead atoms. The highest BCUT2D eigenvalue weighted by molar-refractivity contribution is 5.69. The molecule has 0 saturated carbocycles. The minimum Gasteiger partial charge on any atom is -0.444 e. The molecular weight excluding hydrogens is 310 g/mol. The molecule has 130 valence electrons. The number of carbonyl (C=O) groups is 1. The van der Waals surface area contributed by atoms with Crippen LogP contribution in [0.15, 0.2) is 12.4 Å². The fraction of sp³-hybridized carbons (Fsp3) is 0.667. The first-order valence-electron chi connectivity index (χ1n) is 8.09. The van der Waals surface area contributed by atoms with Crippen molar-refractivity contribution in [1.82, 2.24) is 29.9 Å². The van der Waals surface area contributed by atoms with Gasteiger partial charge in [-0.1, -0.05) is 0 Å². The number of ether oxygens (including phenoxy) is 1. The number of rotatable bonds is 4. The van der Waals surface area contributed by atoms with Gasteiger partial charge in [-0.15, -0.1) is 5.10 Å². The summed E-state index contributed by atoms with van der Waals surface area (Å²) in [4.78, 5) is 18.0. The van der Waals surface area contributed by atoms with Crippen molar-refractivity contribution in [3.8, 4) is 0 Å². The quantitative estimate of drug-likeness (QED) is 0.907. The van der Waals surface area contributed by atoms with E-state index >= 15 is 0 Å². The van der Waals surface area contributed by atoms with Gasteiger partial charge in [0.05, 0.1) is 6.20 Å². The lowest BCUT2D eigenvalue weighted by Crippen LogP contribution is -2.52. The van der Waals surface area contributed by atoms with E-state index in [1.807, 2.05) is 20.8 Å². The molecule has 1 fully saturated rings. The number of carbonyl (C=O) groups excluding carboxylic acids is 1. The van der Waals surface area contributed by atoms with Crippen LogP contribution in [0, 0.1) is 5.92 Å². The first-order chi connectivity index (χ1) is 11.3. The zero-order chi connectivity index (χ0) is 17.3. The summed E-state index contributed by atoms with van der Waals surface area (Å²) in [5, 5.41) is 14.8. The monoisotopic (exact) mass is 333 g/mol. The highest BCUT2D eigenvalue weighted by Gasteiger charge is 2.34. The lowest BCUT2D eigenvalue weighted by Gasteiger charge is -2.40. The van der Waals surface area contributed by atoms with Crippen molar-refractivity contribution < 1.29 is 9.53 Å². The Morgan fingerprint density at radius 2 is 2.21 bits per heavy atom. The van der Waals surface area contributed by atoms with Crippen LogP contribution in [0.25, 0.3) is 5.65 Å². The van der Waals surface area contributed by atoms with Crippen molar-refractivity contribution in [2.24, 2.45) is 5.92 Å². The van der Waals surface area contributed by atoms with Gasteiger partial charge in [-0.05, 0) is 50.5 Å². The highest BCUT2D eigenvalue weighted by atomic mass is 16.6. The second-order valence-corrected chi connectivity index (χ2v) is 7.26. The predicted molar refractivity (Wildman–Crippen MR) is 87.6 cm³/mol. The van der Waals surface area contributed by atoms with Crippen LogP contribution in [0.2, 0.25) is 0 Å². The number of hydrogen-bond acceptors (Lipinski definition) is 7. The topological polar surface area (TPSA) is 97.5 Å². The Balaban J connectivity index is 1.48. The van der Waals surface area contributed by atoms with Gasteiger partial charge in [-0.25, -0.2) is 9.78 Å². The number of anilines is 1. The normalized spacial score (nSPS) is 16.8. The van der Waals surface area contributed by atoms with Crippen LogP contribution < -0.4 is 5.32 Å². The smallest absolute Gasteiger partial charge is 0.410 e. The molecule has 2 aromatic rings. The number of nitrogens with zero attached hydrogens (tertiary/aromatic N) is 6. The second-order valence-electron chi connectivity index (χ2n) is 7.26. The molecule has 1 atom stereocenters. The van der Waals surface area contributed by atoms with Crippen LogP contribution in [0.4, 0.5) is 10.6 Å². The molecule has 1 aliphatic heterocycles. The van der Waals surface area contributed by atoms with Gasteiger partial charge in [0.1, 0.15) is 5.60 Å². The third-order valence-corrected chi connectivity index (χ3v) is 3.79. The van der Waals surface area contributed by atoms with Gasteiger partial charge in [0.2, 0.25) is 5.65 Å². The molecule has 0 aromatic carbocycles. The molecule has 24 heavy (non-hydrogen) atoms. The average molecular weight is 333 g/mol. The predicted octanol–water partition coefficient (Wildman–Crippen LogP) is 1.58. The van der Waals surface area contributed by atoms with Crippen LogP contribution in [-0.2, 0) is 4.74 Å². The summed E-state index contributed by atoms with van der Waals surface area (Å²) in [6.07, 6.45) is 4.06. The van der Waals surface area contributed by atoms with Gasteiger partial charge in [0, 0.05) is 25.3 Å². The van der Waals surface area contributed by atoms with Gasteiger partial charge in [-0.3, -0.25) is 0 Å². The summed E-state index contributed by atoms with van der Waals surface area (Å²) in [6.45, 7) is 9.17. The molecule has 1 saturated heterocycles. The van der Waals surface area contributed by atoms with Gasteiger partial charge in [0.25, 0.3) is 0 Å². The van der Waals surface area contributed by atoms with Crippen LogP contribution in [0.5, 0.6) is 0 Å². The SMILES string of the molecule is CC(CC1CN(C(=O)OC(C)(C)C)C1)Nc1nccn2nnnc12. The summed E-state index contributed by atoms with van der Waals surface area (Å²) in [6, 6.07) is 0.200. The van der Waals surface area contributed by atoms with E-state index in [4.69, 9.17) is 4.74 Å². The third-order valence-electron chi connectivity index (χ3n) is 3.79. The number of hydrogen-bond donors (Lipinski definition) is 1. The minimum absolute atomic E-state index is 0.200. The highest BCUT2D eigenvalue weighted by Crippen LogP contribution is 2.24. The number of fused-ring (bicyclic) bond motifs is 1. The molecular formula is C15H23N7O2. The van der Waals surface area contributed by atoms with Gasteiger partial charge in [0.15, 0.2) is 5.82 Å². The maximum absolute atomic E-state index is 11.9. The molecule has 9 heteroatoms. The Hall–Kier alpha value is -2.45. The molecule has 2 aromatic heterocycles. The Kier molecular flexibility index (Phi) is 4.25. The van der Waals surface area contributed by atoms with Crippen molar-refractivity contribution in [1.29, 1.82) is 0 Å². The molecule has 1 aliphatic rings. The standard InChI is InChI=1S/C15H23N7O2/c1-10(17-12-13-18-19-20-22(13)6-5-16-12)7-11-8-21(9-11)14(23)24-15(2,3)4/h5-6,10-11H,7-9H2,1-4H3,(H,16,17). The van der Waals surface area contributed by atoms with E-state index in [1.165, 1.54) is 0 Å². The van der Waals surface area contributed by atoms with Gasteiger partial charge in [-0.2, -0.15) is 4.52 Å². The maximum atomic E-state index is 11.9. The maximum Gasteiger partial charge on any atom is 0.410 e. The molecule has 1 amide bonds. The molecule has 0 aliphatic carbocycles. The third kappa shape index (κ3) is 3.72. The number of nitrogens with one attached hydrogen (secondary N) is 1. The van der Waals surface area contributed by atoms with Crippen molar-refractivity contribution in [3.05, 3.63) is 12.4 Å². The van der Waals surface area contributed by atoms with Crippen LogP contribution >= 0.6 is 0 Å². The molecule has 1 unspecified atom stereocenters. The fourth-order valence-corrected chi connectivity index (χ4v) is 2.77. The Morgan fingerprint density at radius 1 is 1.46 bits per heavy atom. The fourth-order valence-electron chi connectivity index (χ4n) is 2.77. The summed E-state index contributed by atoms with van der Waals surface area (Å²) in [5.41, 5.74) is 0.154. The average Bonchev–Trinajstić information content (AvgIpc) is 2.89. The first-order valence-corrected chi connectivity index (χ1v) is 8.09. The Bertz CT molecular complexity index is 718. The van der Waals surface area contributed by atoms with E-state index in [9.17, 15) is 4.79 Å². The molecule has 0 spiro atoms. The zero-order valence-corrected chi connectivity index (χ0v) is 14.4. The second kappa shape index (κ2) is 6.21. The summed E-state index contributed by atoms with van der Waals surface area (Å²) in [7, 11) is 0. The summed E-state index contributed by atoms with van der Waals surface area (Å²) >= 11 is 0. The van der Waals surface area contributed by atoms with Gasteiger partial charge >= 0.3 is 6.09 Å². The van der Waals surface area contributed by atoms with Crippen LogP contribution in [-0.4, -0.2) is 60.8 Å². The van der Waals surface area contributed by atoms with E-state index in [0.29, 0.717) is 17.4 Å². The zero-order valence-electron chi connectivity index (χ0n) is 14.4. The number of likely N-dealkylation sites (tertiary alicyclic amines) is 1. The number of tetrazole rings is 1. The largest absolute Gasteiger partial charge is 0.444 e. The van der Waals surface area contributed by atoms with Crippen LogP contribution in [0.1, 0.15) is 34.1 Å². The molecule has 3 heterocycles. The van der Waals surface area contributed by atoms with E-state index in [0.717, 1.165) is 19.5 Å². The van der Waals surface area contributed by atoms with Crippen molar-refractivity contribution in [2.75, 3.05) is 18.4 Å². The van der Waals surface area contributed by atoms with Crippen molar-refractivity contribution >= 4 is 17.6 Å². The number of amides is 1. The van der Waals surface area contributed by atoms with Crippen molar-refractivity contribution in [3.63, 3.8) is 0 Å². The van der Waals surface area contributed by atoms with E-state index in [2.05, 4.69) is 32.7 Å². The first kappa shape index (κ1) is 16.4. The van der Waals surface area contributed by atoms with Crippen molar-refractivity contribution in [2.45, 2.75) is 45.8 Å². The minimum atomic E-state index is -0.451. The Labute approximate surface area is 140 Å². The summed E-state index contributed by atoms with van der Waals surface area (Å²) in [5.74, 6) is 1.12. The van der Waals surface area contributed by atoms with E-state index < -0.39 is 5.60 Å². The number of aromatic nitrogens is 5. The summed E-state index contributed by atoms with van der Waals surface area (Å²) < 4.78 is 6.95. The molecule has 9 nitrogen and oxygen atoms in total. The lowest BCUT2D eigenvalue weighted by molar-refractivity contribution is -0.00257. The molecule has 0 radical (unpaired) electrons. The molecule has 3 rings (SSSR count). The Morgan fingerprint density at radius 3 is 2.92 bits per heavy atom. The lowest BCUT2D eigenvalue weighted by atomic mass is 9.93. The van der Waals surface area contributed by atoms with E-state index in [1.54, 1.807) is 21.8 Å². The van der Waals surface area contributed by atoms with Gasteiger partial charge < -0.3 is 15.0 Å².